The van der Waals surface area contributed by atoms with Crippen molar-refractivity contribution in [3.8, 4) is 0 Å². The highest BCUT2D eigenvalue weighted by atomic mass is 35.5. The Morgan fingerprint density at radius 2 is 2.24 bits per heavy atom. The fourth-order valence-corrected chi connectivity index (χ4v) is 2.59. The Hall–Kier alpha value is -1.05. The Bertz CT molecular complexity index is 485. The summed E-state index contributed by atoms with van der Waals surface area (Å²) >= 11 is 5.94. The van der Waals surface area contributed by atoms with Gasteiger partial charge < -0.3 is 14.7 Å². The maximum Gasteiger partial charge on any atom is 0.417 e. The molecular formula is C13H16ClF3N2O2. The lowest BCUT2D eigenvalue weighted by atomic mass is 10.1. The summed E-state index contributed by atoms with van der Waals surface area (Å²) in [5, 5.41) is 8.73. The number of ether oxygens (including phenoxy) is 1. The molecule has 1 N–H and O–H groups in total. The van der Waals surface area contributed by atoms with E-state index in [1.165, 1.54) is 0 Å². The van der Waals surface area contributed by atoms with E-state index in [1.807, 2.05) is 4.90 Å². The molecule has 2 heterocycles. The van der Waals surface area contributed by atoms with Gasteiger partial charge in [0.05, 0.1) is 29.9 Å². The zero-order valence-electron chi connectivity index (χ0n) is 11.2. The van der Waals surface area contributed by atoms with E-state index in [-0.39, 0.29) is 24.3 Å². The van der Waals surface area contributed by atoms with E-state index in [4.69, 9.17) is 21.4 Å². The highest BCUT2D eigenvalue weighted by Crippen LogP contribution is 2.34. The molecule has 0 aliphatic carbocycles. The predicted octanol–water partition coefficient (Wildman–Crippen LogP) is 2.73. The van der Waals surface area contributed by atoms with Crippen LogP contribution in [0.1, 0.15) is 18.4 Å². The zero-order chi connectivity index (χ0) is 15.5. The minimum atomic E-state index is -4.45. The van der Waals surface area contributed by atoms with Gasteiger partial charge in [-0.25, -0.2) is 4.98 Å². The summed E-state index contributed by atoms with van der Waals surface area (Å²) in [4.78, 5) is 5.67. The van der Waals surface area contributed by atoms with Crippen molar-refractivity contribution in [3.63, 3.8) is 0 Å². The van der Waals surface area contributed by atoms with Gasteiger partial charge in [0.1, 0.15) is 5.82 Å². The van der Waals surface area contributed by atoms with Gasteiger partial charge in [-0.05, 0) is 18.9 Å². The van der Waals surface area contributed by atoms with Crippen LogP contribution in [0.4, 0.5) is 19.0 Å². The number of alkyl halides is 3. The largest absolute Gasteiger partial charge is 0.417 e. The fraction of sp³-hybridized carbons (Fsp3) is 0.615. The lowest BCUT2D eigenvalue weighted by Gasteiger charge is -2.33. The summed E-state index contributed by atoms with van der Waals surface area (Å²) in [7, 11) is 0. The first kappa shape index (κ1) is 16.3. The normalized spacial score (nSPS) is 19.9. The van der Waals surface area contributed by atoms with Crippen molar-refractivity contribution in [2.24, 2.45) is 0 Å². The standard InChI is InChI=1S/C13H16ClF3N2O2/c14-11-6-9(13(15,16)17)7-18-12(11)19-3-1-2-10(8-19)21-5-4-20/h6-7,10,20H,1-5,8H2. The van der Waals surface area contributed by atoms with Crippen LogP contribution >= 0.6 is 11.6 Å². The number of aliphatic hydroxyl groups is 1. The van der Waals surface area contributed by atoms with E-state index in [9.17, 15) is 13.2 Å². The summed E-state index contributed by atoms with van der Waals surface area (Å²) in [6.45, 7) is 1.34. The molecule has 1 aromatic rings. The molecule has 0 amide bonds. The van der Waals surface area contributed by atoms with Crippen molar-refractivity contribution in [2.75, 3.05) is 31.2 Å². The molecule has 0 saturated carbocycles. The predicted molar refractivity (Wildman–Crippen MR) is 72.5 cm³/mol. The van der Waals surface area contributed by atoms with Crippen molar-refractivity contribution >= 4 is 17.4 Å². The number of nitrogens with zero attached hydrogens (tertiary/aromatic N) is 2. The highest BCUT2D eigenvalue weighted by Gasteiger charge is 2.32. The number of pyridine rings is 1. The van der Waals surface area contributed by atoms with Crippen molar-refractivity contribution in [1.29, 1.82) is 0 Å². The second-order valence-corrected chi connectivity index (χ2v) is 5.24. The summed E-state index contributed by atoms with van der Waals surface area (Å²) < 4.78 is 43.2. The maximum absolute atomic E-state index is 12.6. The lowest BCUT2D eigenvalue weighted by Crippen LogP contribution is -2.40. The van der Waals surface area contributed by atoms with Crippen LogP contribution in [-0.4, -0.2) is 42.5 Å². The summed E-state index contributed by atoms with van der Waals surface area (Å²) in [6, 6.07) is 0.891. The molecule has 1 atom stereocenters. The van der Waals surface area contributed by atoms with Gasteiger partial charge in [0.25, 0.3) is 0 Å². The monoisotopic (exact) mass is 324 g/mol. The van der Waals surface area contributed by atoms with Crippen LogP contribution in [-0.2, 0) is 10.9 Å². The first-order valence-electron chi connectivity index (χ1n) is 6.62. The molecule has 1 aliphatic rings. The molecule has 1 unspecified atom stereocenters. The molecular weight excluding hydrogens is 309 g/mol. The van der Waals surface area contributed by atoms with Gasteiger partial charge in [0.2, 0.25) is 0 Å². The average molecular weight is 325 g/mol. The van der Waals surface area contributed by atoms with Crippen molar-refractivity contribution in [3.05, 3.63) is 22.8 Å². The fourth-order valence-electron chi connectivity index (χ4n) is 2.30. The van der Waals surface area contributed by atoms with Crippen LogP contribution in [0.25, 0.3) is 0 Å². The Labute approximate surface area is 125 Å². The van der Waals surface area contributed by atoms with Gasteiger partial charge in [-0.2, -0.15) is 13.2 Å². The number of aliphatic hydroxyl groups excluding tert-OH is 1. The quantitative estimate of drug-likeness (QED) is 0.925. The van der Waals surface area contributed by atoms with Gasteiger partial charge in [-0.3, -0.25) is 0 Å². The molecule has 1 aromatic heterocycles. The zero-order valence-corrected chi connectivity index (χ0v) is 12.0. The molecule has 2 rings (SSSR count). The Morgan fingerprint density at radius 1 is 1.48 bits per heavy atom. The van der Waals surface area contributed by atoms with Crippen molar-refractivity contribution in [2.45, 2.75) is 25.1 Å². The number of halogens is 4. The van der Waals surface area contributed by atoms with E-state index in [2.05, 4.69) is 4.98 Å². The number of hydrogen-bond acceptors (Lipinski definition) is 4. The molecule has 21 heavy (non-hydrogen) atoms. The molecule has 0 aromatic carbocycles. The SMILES string of the molecule is OCCOC1CCCN(c2ncc(C(F)(F)F)cc2Cl)C1. The Morgan fingerprint density at radius 3 is 2.86 bits per heavy atom. The minimum Gasteiger partial charge on any atom is -0.394 e. The van der Waals surface area contributed by atoms with Crippen LogP contribution in [0.3, 0.4) is 0 Å². The Balaban J connectivity index is 2.10. The van der Waals surface area contributed by atoms with Crippen molar-refractivity contribution < 1.29 is 23.0 Å². The summed E-state index contributed by atoms with van der Waals surface area (Å²) in [5.74, 6) is 0.335. The van der Waals surface area contributed by atoms with E-state index in [0.717, 1.165) is 25.1 Å². The van der Waals surface area contributed by atoms with E-state index in [0.29, 0.717) is 18.9 Å². The first-order chi connectivity index (χ1) is 9.91. The van der Waals surface area contributed by atoms with Crippen LogP contribution in [0.5, 0.6) is 0 Å². The molecule has 0 spiro atoms. The summed E-state index contributed by atoms with van der Waals surface area (Å²) in [6.07, 6.45) is -2.07. The van der Waals surface area contributed by atoms with Gasteiger partial charge in [-0.1, -0.05) is 11.6 Å². The van der Waals surface area contributed by atoms with Crippen LogP contribution in [0.15, 0.2) is 12.3 Å². The summed E-state index contributed by atoms with van der Waals surface area (Å²) in [5.41, 5.74) is -0.860. The third-order valence-corrected chi connectivity index (χ3v) is 3.55. The maximum atomic E-state index is 12.6. The molecule has 8 heteroatoms. The number of rotatable bonds is 4. The average Bonchev–Trinajstić information content (AvgIpc) is 2.44. The topological polar surface area (TPSA) is 45.6 Å². The molecule has 1 fully saturated rings. The van der Waals surface area contributed by atoms with E-state index >= 15 is 0 Å². The lowest BCUT2D eigenvalue weighted by molar-refractivity contribution is -0.137. The van der Waals surface area contributed by atoms with Crippen LogP contribution in [0.2, 0.25) is 5.02 Å². The molecule has 1 aliphatic heterocycles. The molecule has 4 nitrogen and oxygen atoms in total. The van der Waals surface area contributed by atoms with Crippen molar-refractivity contribution in [1.82, 2.24) is 4.98 Å². The highest BCUT2D eigenvalue weighted by molar-refractivity contribution is 6.33. The number of anilines is 1. The van der Waals surface area contributed by atoms with Crippen LogP contribution in [0, 0.1) is 0 Å². The molecule has 0 bridgehead atoms. The van der Waals surface area contributed by atoms with E-state index < -0.39 is 11.7 Å². The van der Waals surface area contributed by atoms with Gasteiger partial charge >= 0.3 is 6.18 Å². The number of aromatic nitrogens is 1. The minimum absolute atomic E-state index is 0.0207. The second-order valence-electron chi connectivity index (χ2n) is 4.83. The Kier molecular flexibility index (Phi) is 5.29. The first-order valence-corrected chi connectivity index (χ1v) is 6.99. The van der Waals surface area contributed by atoms with Crippen LogP contribution < -0.4 is 4.90 Å². The third kappa shape index (κ3) is 4.21. The van der Waals surface area contributed by atoms with E-state index in [1.54, 1.807) is 0 Å². The number of piperidine rings is 1. The smallest absolute Gasteiger partial charge is 0.394 e. The number of hydrogen-bond donors (Lipinski definition) is 1. The third-order valence-electron chi connectivity index (χ3n) is 3.27. The van der Waals surface area contributed by atoms with Gasteiger partial charge in [0.15, 0.2) is 0 Å². The second kappa shape index (κ2) is 6.81. The molecule has 118 valence electrons. The molecule has 1 saturated heterocycles. The van der Waals surface area contributed by atoms with Gasteiger partial charge in [-0.15, -0.1) is 0 Å². The van der Waals surface area contributed by atoms with Gasteiger partial charge in [0, 0.05) is 19.3 Å². The molecule has 0 radical (unpaired) electrons.